The molecule has 3 aromatic rings. The van der Waals surface area contributed by atoms with Crippen LogP contribution in [0.1, 0.15) is 39.4 Å². The topological polar surface area (TPSA) is 66.8 Å². The van der Waals surface area contributed by atoms with Crippen LogP contribution in [-0.2, 0) is 9.59 Å². The summed E-state index contributed by atoms with van der Waals surface area (Å²) < 4.78 is 5.58. The van der Waals surface area contributed by atoms with Crippen molar-refractivity contribution >= 4 is 23.1 Å². The number of carbonyl (C=O) groups excluding carboxylic acids is 2. The number of aliphatic hydroxyl groups excluding tert-OH is 1. The molecule has 1 N–H and O–H groups in total. The summed E-state index contributed by atoms with van der Waals surface area (Å²) in [6.45, 7) is 7.76. The fourth-order valence-corrected chi connectivity index (χ4v) is 4.29. The summed E-state index contributed by atoms with van der Waals surface area (Å²) in [5.41, 5.74) is 5.68. The number of benzene rings is 3. The minimum Gasteiger partial charge on any atom is -0.507 e. The Morgan fingerprint density at radius 1 is 0.879 bits per heavy atom. The lowest BCUT2D eigenvalue weighted by atomic mass is 9.93. The van der Waals surface area contributed by atoms with Gasteiger partial charge in [-0.15, -0.1) is 0 Å². The third-order valence-corrected chi connectivity index (χ3v) is 6.28. The number of hydrogen-bond acceptors (Lipinski definition) is 4. The van der Waals surface area contributed by atoms with Gasteiger partial charge in [-0.1, -0.05) is 42.5 Å². The lowest BCUT2D eigenvalue weighted by Gasteiger charge is -2.28. The molecule has 0 spiro atoms. The molecule has 1 atom stereocenters. The molecule has 1 unspecified atom stereocenters. The Morgan fingerprint density at radius 2 is 1.58 bits per heavy atom. The van der Waals surface area contributed by atoms with Crippen molar-refractivity contribution in [2.24, 2.45) is 0 Å². The summed E-state index contributed by atoms with van der Waals surface area (Å²) in [7, 11) is 1.55. The number of amides is 1. The van der Waals surface area contributed by atoms with Crippen LogP contribution in [0.15, 0.2) is 66.2 Å². The van der Waals surface area contributed by atoms with E-state index in [1.807, 2.05) is 76.2 Å². The van der Waals surface area contributed by atoms with Crippen LogP contribution in [0.25, 0.3) is 5.76 Å². The van der Waals surface area contributed by atoms with Crippen LogP contribution in [0, 0.1) is 27.7 Å². The molecule has 33 heavy (non-hydrogen) atoms. The van der Waals surface area contributed by atoms with Gasteiger partial charge in [0.2, 0.25) is 0 Å². The minimum atomic E-state index is -0.830. The standard InChI is InChI=1S/C28H27NO4/c1-16-10-11-18(3)22(14-16)29-25(21-8-6-7-9-23(21)33-5)24(27(31)28(29)32)26(30)20-13-12-17(2)19(4)15-20/h6-15,25,30H,1-5H3/b26-24+. The smallest absolute Gasteiger partial charge is 0.300 e. The first kappa shape index (κ1) is 22.3. The summed E-state index contributed by atoms with van der Waals surface area (Å²) >= 11 is 0. The van der Waals surface area contributed by atoms with Gasteiger partial charge < -0.3 is 9.84 Å². The van der Waals surface area contributed by atoms with Gasteiger partial charge in [-0.3, -0.25) is 14.5 Å². The van der Waals surface area contributed by atoms with Crippen molar-refractivity contribution in [1.29, 1.82) is 0 Å². The van der Waals surface area contributed by atoms with E-state index in [0.29, 0.717) is 22.6 Å². The van der Waals surface area contributed by atoms with Crippen molar-refractivity contribution in [3.05, 3.63) is 99.6 Å². The predicted octanol–water partition coefficient (Wildman–Crippen LogP) is 5.56. The third-order valence-electron chi connectivity index (χ3n) is 6.28. The van der Waals surface area contributed by atoms with Crippen molar-refractivity contribution in [3.63, 3.8) is 0 Å². The molecule has 5 heteroatoms. The number of Topliss-reactive ketones (excluding diaryl/α,β-unsaturated/α-hetero) is 1. The average molecular weight is 442 g/mol. The summed E-state index contributed by atoms with van der Waals surface area (Å²) in [4.78, 5) is 28.3. The normalized spacial score (nSPS) is 17.5. The highest BCUT2D eigenvalue weighted by molar-refractivity contribution is 6.51. The molecule has 0 aliphatic carbocycles. The first-order valence-corrected chi connectivity index (χ1v) is 10.8. The largest absolute Gasteiger partial charge is 0.507 e. The van der Waals surface area contributed by atoms with Crippen molar-refractivity contribution in [1.82, 2.24) is 0 Å². The molecule has 3 aromatic carbocycles. The molecule has 1 aliphatic rings. The molecule has 4 rings (SSSR count). The zero-order valence-electron chi connectivity index (χ0n) is 19.5. The fraction of sp³-hybridized carbons (Fsp3) is 0.214. The van der Waals surface area contributed by atoms with E-state index >= 15 is 0 Å². The zero-order chi connectivity index (χ0) is 23.9. The summed E-state index contributed by atoms with van der Waals surface area (Å²) in [5.74, 6) is -1.06. The van der Waals surface area contributed by atoms with Crippen LogP contribution >= 0.6 is 0 Å². The minimum absolute atomic E-state index is 0.0497. The van der Waals surface area contributed by atoms with Crippen molar-refractivity contribution in [2.45, 2.75) is 33.7 Å². The number of ether oxygens (including phenoxy) is 1. The Bertz CT molecular complexity index is 1300. The second kappa shape index (κ2) is 8.58. The van der Waals surface area contributed by atoms with Crippen molar-refractivity contribution in [3.8, 4) is 5.75 Å². The van der Waals surface area contributed by atoms with E-state index in [9.17, 15) is 14.7 Å². The van der Waals surface area contributed by atoms with Gasteiger partial charge in [0, 0.05) is 16.8 Å². The highest BCUT2D eigenvalue weighted by Gasteiger charge is 2.48. The van der Waals surface area contributed by atoms with Gasteiger partial charge in [-0.25, -0.2) is 0 Å². The molecular weight excluding hydrogens is 414 g/mol. The Kier molecular flexibility index (Phi) is 5.81. The number of methoxy groups -OCH3 is 1. The molecule has 0 radical (unpaired) electrons. The third kappa shape index (κ3) is 3.80. The van der Waals surface area contributed by atoms with E-state index in [2.05, 4.69) is 0 Å². The number of aliphatic hydroxyl groups is 1. The number of carbonyl (C=O) groups is 2. The molecule has 0 aromatic heterocycles. The van der Waals surface area contributed by atoms with E-state index in [1.165, 1.54) is 4.90 Å². The second-order valence-corrected chi connectivity index (χ2v) is 8.50. The molecule has 1 saturated heterocycles. The Balaban J connectivity index is 2.03. The average Bonchev–Trinajstić information content (AvgIpc) is 3.07. The van der Waals surface area contributed by atoms with Crippen molar-refractivity contribution < 1.29 is 19.4 Å². The molecule has 168 valence electrons. The van der Waals surface area contributed by atoms with Crippen LogP contribution in [0.2, 0.25) is 0 Å². The molecule has 5 nitrogen and oxygen atoms in total. The van der Waals surface area contributed by atoms with Gasteiger partial charge in [0.1, 0.15) is 11.5 Å². The first-order chi connectivity index (χ1) is 15.7. The molecule has 1 amide bonds. The number of rotatable bonds is 4. The molecule has 0 bridgehead atoms. The van der Waals surface area contributed by atoms with Crippen LogP contribution in [-0.4, -0.2) is 23.9 Å². The van der Waals surface area contributed by atoms with Crippen LogP contribution in [0.3, 0.4) is 0 Å². The molecule has 1 heterocycles. The quantitative estimate of drug-likeness (QED) is 0.327. The molecule has 1 aliphatic heterocycles. The Morgan fingerprint density at radius 3 is 2.27 bits per heavy atom. The number of nitrogens with zero attached hydrogens (tertiary/aromatic N) is 1. The van der Waals surface area contributed by atoms with E-state index in [-0.39, 0.29) is 11.3 Å². The number of aryl methyl sites for hydroxylation is 4. The maximum atomic E-state index is 13.4. The Hall–Kier alpha value is -3.86. The summed E-state index contributed by atoms with van der Waals surface area (Å²) in [5, 5.41) is 11.3. The van der Waals surface area contributed by atoms with Gasteiger partial charge in [-0.05, 0) is 68.1 Å². The number of ketones is 1. The van der Waals surface area contributed by atoms with E-state index in [0.717, 1.165) is 22.3 Å². The van der Waals surface area contributed by atoms with E-state index in [4.69, 9.17) is 4.74 Å². The second-order valence-electron chi connectivity index (χ2n) is 8.50. The van der Waals surface area contributed by atoms with E-state index in [1.54, 1.807) is 19.2 Å². The number of para-hydroxylation sites is 1. The number of hydrogen-bond donors (Lipinski definition) is 1. The summed E-state index contributed by atoms with van der Waals surface area (Å²) in [6.07, 6.45) is 0. The maximum Gasteiger partial charge on any atom is 0.300 e. The molecule has 1 fully saturated rings. The monoisotopic (exact) mass is 441 g/mol. The van der Waals surface area contributed by atoms with Gasteiger partial charge >= 0.3 is 0 Å². The number of anilines is 1. The molecule has 0 saturated carbocycles. The summed E-state index contributed by atoms with van der Waals surface area (Å²) in [6, 6.07) is 17.7. The first-order valence-electron chi connectivity index (χ1n) is 10.8. The molecular formula is C28H27NO4. The SMILES string of the molecule is COc1ccccc1C1/C(=C(\O)c2ccc(C)c(C)c2)C(=O)C(=O)N1c1cc(C)ccc1C. The lowest BCUT2D eigenvalue weighted by Crippen LogP contribution is -2.30. The van der Waals surface area contributed by atoms with Gasteiger partial charge in [0.25, 0.3) is 11.7 Å². The van der Waals surface area contributed by atoms with Crippen LogP contribution in [0.5, 0.6) is 5.75 Å². The van der Waals surface area contributed by atoms with Crippen LogP contribution < -0.4 is 9.64 Å². The van der Waals surface area contributed by atoms with Crippen molar-refractivity contribution in [2.75, 3.05) is 12.0 Å². The van der Waals surface area contributed by atoms with Gasteiger partial charge in [0.05, 0.1) is 18.7 Å². The van der Waals surface area contributed by atoms with Gasteiger partial charge in [-0.2, -0.15) is 0 Å². The zero-order valence-corrected chi connectivity index (χ0v) is 19.5. The highest BCUT2D eigenvalue weighted by Crippen LogP contribution is 2.45. The van der Waals surface area contributed by atoms with Gasteiger partial charge in [0.15, 0.2) is 0 Å². The van der Waals surface area contributed by atoms with Crippen LogP contribution in [0.4, 0.5) is 5.69 Å². The maximum absolute atomic E-state index is 13.4. The van der Waals surface area contributed by atoms with E-state index < -0.39 is 17.7 Å². The lowest BCUT2D eigenvalue weighted by molar-refractivity contribution is -0.132. The highest BCUT2D eigenvalue weighted by atomic mass is 16.5. The predicted molar refractivity (Wildman–Crippen MR) is 130 cm³/mol. The Labute approximate surface area is 193 Å². The fourth-order valence-electron chi connectivity index (χ4n) is 4.29.